The van der Waals surface area contributed by atoms with Crippen LogP contribution in [0.4, 0.5) is 4.79 Å². The fourth-order valence-corrected chi connectivity index (χ4v) is 5.35. The van der Waals surface area contributed by atoms with Gasteiger partial charge in [-0.15, -0.1) is 6.58 Å². The number of nitrogens with one attached hydrogen (secondary N) is 1. The molecule has 0 aliphatic carbocycles. The van der Waals surface area contributed by atoms with Gasteiger partial charge in [-0.1, -0.05) is 88.0 Å². The Morgan fingerprint density at radius 1 is 1.07 bits per heavy atom. The van der Waals surface area contributed by atoms with Crippen molar-refractivity contribution in [3.05, 3.63) is 78.9 Å². The lowest BCUT2D eigenvalue weighted by Crippen LogP contribution is -2.57. The van der Waals surface area contributed by atoms with Crippen molar-refractivity contribution < 1.29 is 28.6 Å². The molecule has 8 heteroatoms. The summed E-state index contributed by atoms with van der Waals surface area (Å²) in [6.45, 7) is 13.5. The molecule has 3 atom stereocenters. The second kappa shape index (κ2) is 14.3. The standard InChI is InChI=1S/C34H44N2O6/c1-8-10-11-14-21-42-32(39)35-29(33(3,4)5)30(37)36-23-34(41-7,22-28(36)31(38)40-6)26-19-17-25(18-20-26)27-16-13-12-15-24(27)9-2/h8-9,12-13,15-20,28-29H,1-2,10-11,14,21-23H2,3-7H3,(H,35,39)/t28-,29?,34-/m0/s1. The molecule has 2 aromatic carbocycles. The van der Waals surface area contributed by atoms with Crippen LogP contribution in [-0.2, 0) is 29.4 Å². The minimum atomic E-state index is -0.959. The van der Waals surface area contributed by atoms with Crippen molar-refractivity contribution in [2.75, 3.05) is 27.4 Å². The number of carbonyl (C=O) groups excluding carboxylic acids is 3. The molecule has 0 bridgehead atoms. The van der Waals surface area contributed by atoms with Gasteiger partial charge in [-0.25, -0.2) is 9.59 Å². The monoisotopic (exact) mass is 576 g/mol. The summed E-state index contributed by atoms with van der Waals surface area (Å²) >= 11 is 0. The Hall–Kier alpha value is -3.91. The van der Waals surface area contributed by atoms with Gasteiger partial charge in [0.05, 0.1) is 20.3 Å². The molecule has 1 N–H and O–H groups in total. The summed E-state index contributed by atoms with van der Waals surface area (Å²) in [5, 5.41) is 2.75. The van der Waals surface area contributed by atoms with E-state index in [4.69, 9.17) is 14.2 Å². The van der Waals surface area contributed by atoms with Crippen molar-refractivity contribution in [1.82, 2.24) is 10.2 Å². The Balaban J connectivity index is 1.88. The number of hydrogen-bond acceptors (Lipinski definition) is 6. The number of methoxy groups -OCH3 is 2. The van der Waals surface area contributed by atoms with Crippen LogP contribution in [0.1, 0.15) is 57.6 Å². The van der Waals surface area contributed by atoms with Crippen LogP contribution in [0.5, 0.6) is 0 Å². The van der Waals surface area contributed by atoms with Crippen molar-refractivity contribution in [1.29, 1.82) is 0 Å². The Morgan fingerprint density at radius 2 is 1.76 bits per heavy atom. The van der Waals surface area contributed by atoms with E-state index in [1.54, 1.807) is 7.11 Å². The van der Waals surface area contributed by atoms with Crippen LogP contribution in [0, 0.1) is 5.41 Å². The molecule has 1 saturated heterocycles. The van der Waals surface area contributed by atoms with Crippen LogP contribution in [0.3, 0.4) is 0 Å². The van der Waals surface area contributed by atoms with E-state index in [1.165, 1.54) is 12.0 Å². The van der Waals surface area contributed by atoms with Crippen molar-refractivity contribution in [3.63, 3.8) is 0 Å². The van der Waals surface area contributed by atoms with E-state index in [2.05, 4.69) is 18.5 Å². The normalized spacial score (nSPS) is 19.1. The molecule has 0 saturated carbocycles. The summed E-state index contributed by atoms with van der Waals surface area (Å²) in [4.78, 5) is 41.2. The van der Waals surface area contributed by atoms with E-state index < -0.39 is 41.1 Å². The van der Waals surface area contributed by atoms with Crippen molar-refractivity contribution in [2.24, 2.45) is 5.41 Å². The first-order chi connectivity index (χ1) is 20.0. The first-order valence-electron chi connectivity index (χ1n) is 14.3. The van der Waals surface area contributed by atoms with Crippen molar-refractivity contribution in [2.45, 2.75) is 64.1 Å². The third-order valence-corrected chi connectivity index (χ3v) is 7.79. The number of allylic oxidation sites excluding steroid dienone is 1. The zero-order valence-electron chi connectivity index (χ0n) is 25.5. The molecule has 1 aliphatic rings. The van der Waals surface area contributed by atoms with E-state index in [0.29, 0.717) is 6.42 Å². The molecule has 1 unspecified atom stereocenters. The maximum atomic E-state index is 14.1. The largest absolute Gasteiger partial charge is 0.467 e. The number of ether oxygens (including phenoxy) is 3. The summed E-state index contributed by atoms with van der Waals surface area (Å²) in [5.74, 6) is -0.951. The number of alkyl carbamates (subject to hydrolysis) is 1. The van der Waals surface area contributed by atoms with Crippen molar-refractivity contribution >= 4 is 24.0 Å². The molecule has 2 aromatic rings. The number of amides is 2. The summed E-state index contributed by atoms with van der Waals surface area (Å²) in [7, 11) is 2.87. The van der Waals surface area contributed by atoms with E-state index >= 15 is 0 Å². The number of rotatable bonds is 12. The number of hydrogen-bond donors (Lipinski definition) is 1. The van der Waals surface area contributed by atoms with Gasteiger partial charge in [0.1, 0.15) is 17.7 Å². The molecule has 2 amide bonds. The van der Waals surface area contributed by atoms with E-state index in [1.807, 2.05) is 81.5 Å². The molecule has 3 rings (SSSR count). The zero-order valence-corrected chi connectivity index (χ0v) is 25.5. The molecule has 1 aliphatic heterocycles. The molecule has 0 spiro atoms. The van der Waals surface area contributed by atoms with Gasteiger partial charge in [0, 0.05) is 13.5 Å². The van der Waals surface area contributed by atoms with Gasteiger partial charge in [-0.3, -0.25) is 4.79 Å². The molecule has 226 valence electrons. The topological polar surface area (TPSA) is 94.2 Å². The highest BCUT2D eigenvalue weighted by Crippen LogP contribution is 2.41. The van der Waals surface area contributed by atoms with Gasteiger partial charge in [-0.05, 0) is 46.9 Å². The quantitative estimate of drug-likeness (QED) is 0.186. The van der Waals surface area contributed by atoms with Gasteiger partial charge in [0.2, 0.25) is 5.91 Å². The fourth-order valence-electron chi connectivity index (χ4n) is 5.35. The number of nitrogens with zero attached hydrogens (tertiary/aromatic N) is 1. The number of esters is 1. The molecule has 1 fully saturated rings. The minimum Gasteiger partial charge on any atom is -0.467 e. The van der Waals surface area contributed by atoms with Crippen molar-refractivity contribution in [3.8, 4) is 11.1 Å². The van der Waals surface area contributed by atoms with Crippen LogP contribution in [0.25, 0.3) is 17.2 Å². The van der Waals surface area contributed by atoms with E-state index in [9.17, 15) is 14.4 Å². The first kappa shape index (κ1) is 32.6. The Kier molecular flexibility index (Phi) is 11.1. The summed E-state index contributed by atoms with van der Waals surface area (Å²) < 4.78 is 16.5. The predicted molar refractivity (Wildman–Crippen MR) is 165 cm³/mol. The Morgan fingerprint density at radius 3 is 2.36 bits per heavy atom. The van der Waals surface area contributed by atoms with Crippen LogP contribution >= 0.6 is 0 Å². The molecular formula is C34H44N2O6. The predicted octanol–water partition coefficient (Wildman–Crippen LogP) is 6.11. The van der Waals surface area contributed by atoms with Gasteiger partial charge in [0.15, 0.2) is 0 Å². The Bertz CT molecular complexity index is 1270. The second-order valence-electron chi connectivity index (χ2n) is 11.6. The molecule has 8 nitrogen and oxygen atoms in total. The van der Waals surface area contributed by atoms with Crippen LogP contribution < -0.4 is 5.32 Å². The minimum absolute atomic E-state index is 0.107. The number of likely N-dealkylation sites (tertiary alicyclic amines) is 1. The maximum absolute atomic E-state index is 14.1. The third-order valence-electron chi connectivity index (χ3n) is 7.79. The lowest BCUT2D eigenvalue weighted by atomic mass is 9.85. The smallest absolute Gasteiger partial charge is 0.407 e. The SMILES string of the molecule is C=CCCCCOC(=O)NC(C(=O)N1C[C@](OC)(c2ccc(-c3ccccc3C=C)cc2)C[C@H]1C(=O)OC)C(C)(C)C. The van der Waals surface area contributed by atoms with Crippen LogP contribution in [-0.4, -0.2) is 62.3 Å². The fraction of sp³-hybridized carbons (Fsp3) is 0.441. The number of unbranched alkanes of at least 4 members (excludes halogenated alkanes) is 2. The van der Waals surface area contributed by atoms with E-state index in [0.717, 1.165) is 35.1 Å². The molecular weight excluding hydrogens is 532 g/mol. The van der Waals surface area contributed by atoms with E-state index in [-0.39, 0.29) is 19.6 Å². The summed E-state index contributed by atoms with van der Waals surface area (Å²) in [6, 6.07) is 14.1. The van der Waals surface area contributed by atoms with Gasteiger partial charge < -0.3 is 24.4 Å². The highest BCUT2D eigenvalue weighted by Gasteiger charge is 2.53. The lowest BCUT2D eigenvalue weighted by Gasteiger charge is -2.35. The second-order valence-corrected chi connectivity index (χ2v) is 11.6. The lowest BCUT2D eigenvalue weighted by molar-refractivity contribution is -0.152. The average molecular weight is 577 g/mol. The maximum Gasteiger partial charge on any atom is 0.407 e. The molecule has 0 radical (unpaired) electrons. The number of carbonyl (C=O) groups is 3. The molecule has 42 heavy (non-hydrogen) atoms. The average Bonchev–Trinajstić information content (AvgIpc) is 3.40. The summed E-state index contributed by atoms with van der Waals surface area (Å²) in [6.07, 6.45) is 5.55. The molecule has 0 aromatic heterocycles. The third kappa shape index (κ3) is 7.48. The van der Waals surface area contributed by atoms with Gasteiger partial charge >= 0.3 is 12.1 Å². The first-order valence-corrected chi connectivity index (χ1v) is 14.3. The van der Waals surface area contributed by atoms with Gasteiger partial charge in [0.25, 0.3) is 0 Å². The highest BCUT2D eigenvalue weighted by molar-refractivity contribution is 5.91. The van der Waals surface area contributed by atoms with Crippen LogP contribution in [0.2, 0.25) is 0 Å². The Labute approximate surface area is 249 Å². The van der Waals surface area contributed by atoms with Gasteiger partial charge in [-0.2, -0.15) is 0 Å². The van der Waals surface area contributed by atoms with Crippen LogP contribution in [0.15, 0.2) is 67.8 Å². The summed E-state index contributed by atoms with van der Waals surface area (Å²) in [5.41, 5.74) is 2.28. The number of benzene rings is 2. The zero-order chi connectivity index (χ0) is 30.9. The molecule has 1 heterocycles. The highest BCUT2D eigenvalue weighted by atomic mass is 16.5.